The summed E-state index contributed by atoms with van der Waals surface area (Å²) < 4.78 is 0. The lowest BCUT2D eigenvalue weighted by atomic mass is 10.1. The van der Waals surface area contributed by atoms with Crippen molar-refractivity contribution in [3.8, 4) is 0 Å². The summed E-state index contributed by atoms with van der Waals surface area (Å²) in [5.41, 5.74) is 5.06. The third-order valence-electron chi connectivity index (χ3n) is 2.65. The predicted octanol–water partition coefficient (Wildman–Crippen LogP) is -0.388. The Morgan fingerprint density at radius 3 is 2.50 bits per heavy atom. The molecule has 0 unspecified atom stereocenters. The Hall–Kier alpha value is -1.26. The van der Waals surface area contributed by atoms with Crippen molar-refractivity contribution in [1.82, 2.24) is 4.90 Å². The summed E-state index contributed by atoms with van der Waals surface area (Å²) in [7, 11) is 0. The Labute approximate surface area is 69.1 Å². The van der Waals surface area contributed by atoms with Gasteiger partial charge in [-0.05, 0) is 18.8 Å². The van der Waals surface area contributed by atoms with Gasteiger partial charge in [-0.25, -0.2) is 4.79 Å². The van der Waals surface area contributed by atoms with Crippen LogP contribution in [0.15, 0.2) is 0 Å². The lowest BCUT2D eigenvalue weighted by Crippen LogP contribution is -2.45. The summed E-state index contributed by atoms with van der Waals surface area (Å²) in [6.45, 7) is 0. The Morgan fingerprint density at radius 1 is 1.42 bits per heavy atom. The number of nitrogens with zero attached hydrogens (tertiary/aromatic N) is 1. The van der Waals surface area contributed by atoms with Gasteiger partial charge in [-0.3, -0.25) is 9.69 Å². The molecular weight excluding hydrogens is 160 g/mol. The minimum absolute atomic E-state index is 0.0694. The van der Waals surface area contributed by atoms with Gasteiger partial charge in [-0.2, -0.15) is 0 Å². The normalized spacial score (nSPS) is 37.7. The number of carbonyl (C=O) groups excluding carboxylic acids is 1. The van der Waals surface area contributed by atoms with E-state index in [4.69, 9.17) is 10.8 Å². The Kier molecular flexibility index (Phi) is 1.31. The van der Waals surface area contributed by atoms with Gasteiger partial charge in [0.1, 0.15) is 6.04 Å². The number of piperidine rings is 1. The Bertz CT molecular complexity index is 253. The van der Waals surface area contributed by atoms with Crippen molar-refractivity contribution in [2.45, 2.75) is 24.9 Å². The molecule has 0 spiro atoms. The minimum Gasteiger partial charge on any atom is -0.465 e. The van der Waals surface area contributed by atoms with Crippen molar-refractivity contribution in [3.05, 3.63) is 0 Å². The fourth-order valence-corrected chi connectivity index (χ4v) is 1.99. The van der Waals surface area contributed by atoms with Crippen molar-refractivity contribution in [2.75, 3.05) is 0 Å². The molecule has 0 radical (unpaired) electrons. The molecule has 1 saturated heterocycles. The standard InChI is InChI=1S/C7H10N2O3/c8-6(10)5-2-3-1-4(3)9(5)7(11)12/h3-5H,1-2H2,(H2,8,10)(H,11,12)/t3-,4-,5-/m0/s1. The molecule has 3 N–H and O–H groups in total. The quantitative estimate of drug-likeness (QED) is 0.562. The van der Waals surface area contributed by atoms with Crippen LogP contribution < -0.4 is 5.73 Å². The number of nitrogens with two attached hydrogens (primary N) is 1. The molecule has 0 aromatic carbocycles. The van der Waals surface area contributed by atoms with Crippen molar-refractivity contribution >= 4 is 12.0 Å². The molecule has 5 nitrogen and oxygen atoms in total. The summed E-state index contributed by atoms with van der Waals surface area (Å²) in [4.78, 5) is 22.7. The molecule has 2 rings (SSSR count). The van der Waals surface area contributed by atoms with Gasteiger partial charge in [0.05, 0.1) is 0 Å². The average Bonchev–Trinajstić information content (AvgIpc) is 2.60. The van der Waals surface area contributed by atoms with Gasteiger partial charge < -0.3 is 10.8 Å². The van der Waals surface area contributed by atoms with Crippen LogP contribution in [0.1, 0.15) is 12.8 Å². The number of carboxylic acid groups (broad SMARTS) is 1. The highest BCUT2D eigenvalue weighted by Gasteiger charge is 2.55. The second kappa shape index (κ2) is 2.12. The fourth-order valence-electron chi connectivity index (χ4n) is 1.99. The third-order valence-corrected chi connectivity index (χ3v) is 2.65. The Balaban J connectivity index is 2.16. The Morgan fingerprint density at radius 2 is 2.08 bits per heavy atom. The molecule has 66 valence electrons. The predicted molar refractivity (Wildman–Crippen MR) is 39.4 cm³/mol. The lowest BCUT2D eigenvalue weighted by Gasteiger charge is -2.21. The molecule has 0 aromatic rings. The highest BCUT2D eigenvalue weighted by Crippen LogP contribution is 2.47. The largest absolute Gasteiger partial charge is 0.465 e. The first-order valence-electron chi connectivity index (χ1n) is 3.92. The minimum atomic E-state index is -1.02. The molecular formula is C7H10N2O3. The van der Waals surface area contributed by atoms with Crippen LogP contribution in [-0.4, -0.2) is 34.1 Å². The van der Waals surface area contributed by atoms with E-state index in [0.717, 1.165) is 6.42 Å². The van der Waals surface area contributed by atoms with Crippen LogP contribution >= 0.6 is 0 Å². The van der Waals surface area contributed by atoms with Crippen molar-refractivity contribution in [2.24, 2.45) is 11.7 Å². The number of rotatable bonds is 1. The van der Waals surface area contributed by atoms with E-state index in [1.165, 1.54) is 4.90 Å². The van der Waals surface area contributed by atoms with Crippen molar-refractivity contribution in [1.29, 1.82) is 0 Å². The molecule has 2 fully saturated rings. The molecule has 2 aliphatic rings. The molecule has 1 aliphatic carbocycles. The number of amides is 2. The first-order chi connectivity index (χ1) is 5.61. The zero-order valence-corrected chi connectivity index (χ0v) is 6.43. The van der Waals surface area contributed by atoms with E-state index in [9.17, 15) is 9.59 Å². The van der Waals surface area contributed by atoms with Gasteiger partial charge in [-0.1, -0.05) is 0 Å². The van der Waals surface area contributed by atoms with Crippen LogP contribution in [0, 0.1) is 5.92 Å². The van der Waals surface area contributed by atoms with E-state index < -0.39 is 18.0 Å². The monoisotopic (exact) mass is 170 g/mol. The molecule has 1 heterocycles. The van der Waals surface area contributed by atoms with Crippen molar-refractivity contribution < 1.29 is 14.7 Å². The highest BCUT2D eigenvalue weighted by molar-refractivity contribution is 5.85. The van der Waals surface area contributed by atoms with Crippen molar-refractivity contribution in [3.63, 3.8) is 0 Å². The number of hydrogen-bond donors (Lipinski definition) is 2. The summed E-state index contributed by atoms with van der Waals surface area (Å²) in [6.07, 6.45) is 0.492. The van der Waals surface area contributed by atoms with Gasteiger partial charge in [0.25, 0.3) is 0 Å². The molecule has 12 heavy (non-hydrogen) atoms. The lowest BCUT2D eigenvalue weighted by molar-refractivity contribution is -0.122. The van der Waals surface area contributed by atoms with Gasteiger partial charge >= 0.3 is 6.09 Å². The molecule has 0 aromatic heterocycles. The number of fused-ring (bicyclic) bond motifs is 1. The van der Waals surface area contributed by atoms with Gasteiger partial charge in [0.2, 0.25) is 5.91 Å². The van der Waals surface area contributed by atoms with Crippen LogP contribution in [0.3, 0.4) is 0 Å². The first-order valence-corrected chi connectivity index (χ1v) is 3.92. The molecule has 1 aliphatic heterocycles. The number of likely N-dealkylation sites (tertiary alicyclic amines) is 1. The maximum absolute atomic E-state index is 10.8. The summed E-state index contributed by atoms with van der Waals surface area (Å²) >= 11 is 0. The second-order valence-electron chi connectivity index (χ2n) is 3.41. The maximum atomic E-state index is 10.8. The third kappa shape index (κ3) is 0.855. The zero-order valence-electron chi connectivity index (χ0n) is 6.43. The molecule has 2 amide bonds. The van der Waals surface area contributed by atoms with Crippen LogP contribution in [0.25, 0.3) is 0 Å². The summed E-state index contributed by atoms with van der Waals surface area (Å²) in [5, 5.41) is 8.75. The molecule has 3 atom stereocenters. The van der Waals surface area contributed by atoms with Gasteiger partial charge in [0, 0.05) is 6.04 Å². The van der Waals surface area contributed by atoms with E-state index in [-0.39, 0.29) is 6.04 Å². The van der Waals surface area contributed by atoms with E-state index in [1.807, 2.05) is 0 Å². The summed E-state index contributed by atoms with van der Waals surface area (Å²) in [5.74, 6) is -0.136. The zero-order chi connectivity index (χ0) is 8.88. The molecule has 0 bridgehead atoms. The van der Waals surface area contributed by atoms with Gasteiger partial charge in [0.15, 0.2) is 0 Å². The molecule has 5 heteroatoms. The number of primary amides is 1. The van der Waals surface area contributed by atoms with E-state index >= 15 is 0 Å². The SMILES string of the molecule is NC(=O)[C@@H]1C[C@@H]2C[C@@H]2N1C(=O)O. The van der Waals surface area contributed by atoms with E-state index in [0.29, 0.717) is 12.3 Å². The second-order valence-corrected chi connectivity index (χ2v) is 3.41. The summed E-state index contributed by atoms with van der Waals surface area (Å²) in [6, 6.07) is -0.508. The van der Waals surface area contributed by atoms with Gasteiger partial charge in [-0.15, -0.1) is 0 Å². The van der Waals surface area contributed by atoms with Crippen LogP contribution in [0.2, 0.25) is 0 Å². The highest BCUT2D eigenvalue weighted by atomic mass is 16.4. The van der Waals surface area contributed by atoms with Crippen LogP contribution in [0.5, 0.6) is 0 Å². The molecule has 1 saturated carbocycles. The first kappa shape index (κ1) is 7.39. The van der Waals surface area contributed by atoms with Crippen LogP contribution in [0.4, 0.5) is 4.79 Å². The topological polar surface area (TPSA) is 83.6 Å². The van der Waals surface area contributed by atoms with E-state index in [2.05, 4.69) is 0 Å². The fraction of sp³-hybridized carbons (Fsp3) is 0.714. The number of carbonyl (C=O) groups is 2. The smallest absolute Gasteiger partial charge is 0.408 e. The average molecular weight is 170 g/mol. The van der Waals surface area contributed by atoms with Crippen LogP contribution in [-0.2, 0) is 4.79 Å². The number of hydrogen-bond acceptors (Lipinski definition) is 2. The maximum Gasteiger partial charge on any atom is 0.408 e. The van der Waals surface area contributed by atoms with E-state index in [1.54, 1.807) is 0 Å².